The number of benzene rings is 3. The molecule has 152 valence electrons. The van der Waals surface area contributed by atoms with Crippen LogP contribution in [0.2, 0.25) is 0 Å². The molecule has 0 saturated carbocycles. The molecule has 3 aromatic carbocycles. The smallest absolute Gasteiger partial charge is 0.151 e. The lowest BCUT2D eigenvalue weighted by molar-refractivity contribution is 0.112. The molecule has 0 saturated heterocycles. The second-order valence-corrected chi connectivity index (χ2v) is 9.94. The maximum atomic E-state index is 14.1. The first kappa shape index (κ1) is 21.4. The van der Waals surface area contributed by atoms with Gasteiger partial charge in [-0.1, -0.05) is 84.0 Å². The van der Waals surface area contributed by atoms with E-state index < -0.39 is 10.8 Å². The van der Waals surface area contributed by atoms with E-state index in [9.17, 15) is 9.00 Å². The van der Waals surface area contributed by atoms with E-state index in [2.05, 4.69) is 53.7 Å². The van der Waals surface area contributed by atoms with Crippen molar-refractivity contribution in [2.75, 3.05) is 0 Å². The lowest BCUT2D eigenvalue weighted by atomic mass is 9.89. The van der Waals surface area contributed by atoms with E-state index in [0.717, 1.165) is 33.1 Å². The van der Waals surface area contributed by atoms with Crippen LogP contribution in [-0.2, 0) is 10.8 Å². The van der Waals surface area contributed by atoms with E-state index >= 15 is 0 Å². The van der Waals surface area contributed by atoms with E-state index in [1.54, 1.807) is 6.07 Å². The van der Waals surface area contributed by atoms with Crippen LogP contribution in [0.25, 0.3) is 10.8 Å². The molecule has 0 heterocycles. The van der Waals surface area contributed by atoms with Crippen molar-refractivity contribution in [3.8, 4) is 0 Å². The summed E-state index contributed by atoms with van der Waals surface area (Å²) in [6, 6.07) is 16.0. The Labute approximate surface area is 176 Å². The fraction of sp³-hybridized carbons (Fsp3) is 0.346. The van der Waals surface area contributed by atoms with Crippen LogP contribution >= 0.6 is 0 Å². The maximum Gasteiger partial charge on any atom is 0.151 e. The number of carbonyl (C=O) groups is 1. The molecular formula is C26H30O2S. The number of hydrogen-bond acceptors (Lipinski definition) is 2. The third kappa shape index (κ3) is 4.06. The Balaban J connectivity index is 2.38. The highest BCUT2D eigenvalue weighted by molar-refractivity contribution is 7.85. The number of carbonyl (C=O) groups excluding carboxylic acids is 1. The lowest BCUT2D eigenvalue weighted by Gasteiger charge is -2.23. The Morgan fingerprint density at radius 2 is 1.34 bits per heavy atom. The summed E-state index contributed by atoms with van der Waals surface area (Å²) in [7, 11) is -1.45. The fourth-order valence-electron chi connectivity index (χ4n) is 3.77. The van der Waals surface area contributed by atoms with Crippen LogP contribution < -0.4 is 0 Å². The van der Waals surface area contributed by atoms with E-state index in [-0.39, 0.29) is 11.8 Å². The standard InChI is InChI=1S/C26H30O2S/c1-16(2)21-13-23(17(3)4)26(24(14-21)18(5)6)29(28)25-20(15-27)12-11-19-9-7-8-10-22(19)25/h7-18H,1-6H3. The number of hydrogen-bond donors (Lipinski definition) is 0. The predicted octanol–water partition coefficient (Wildman–Crippen LogP) is 7.19. The normalized spacial score (nSPS) is 12.9. The molecule has 0 bridgehead atoms. The number of rotatable bonds is 6. The molecule has 1 atom stereocenters. The monoisotopic (exact) mass is 406 g/mol. The van der Waals surface area contributed by atoms with Crippen molar-refractivity contribution in [1.82, 2.24) is 0 Å². The number of aldehydes is 1. The highest BCUT2D eigenvalue weighted by Gasteiger charge is 2.25. The van der Waals surface area contributed by atoms with Crippen LogP contribution in [0.4, 0.5) is 0 Å². The van der Waals surface area contributed by atoms with Crippen molar-refractivity contribution in [3.05, 3.63) is 70.8 Å². The average Bonchev–Trinajstić information content (AvgIpc) is 2.71. The van der Waals surface area contributed by atoms with Gasteiger partial charge in [0.15, 0.2) is 6.29 Å². The summed E-state index contributed by atoms with van der Waals surface area (Å²) in [4.78, 5) is 13.4. The number of fused-ring (bicyclic) bond motifs is 1. The Bertz CT molecular complexity index is 1050. The predicted molar refractivity (Wildman–Crippen MR) is 123 cm³/mol. The maximum absolute atomic E-state index is 14.1. The zero-order chi connectivity index (χ0) is 21.3. The topological polar surface area (TPSA) is 34.1 Å². The molecular weight excluding hydrogens is 376 g/mol. The van der Waals surface area contributed by atoms with Gasteiger partial charge in [-0.2, -0.15) is 0 Å². The van der Waals surface area contributed by atoms with E-state index in [4.69, 9.17) is 0 Å². The molecule has 0 aliphatic heterocycles. The summed E-state index contributed by atoms with van der Waals surface area (Å²) in [6.07, 6.45) is 0.826. The van der Waals surface area contributed by atoms with Gasteiger partial charge in [0, 0.05) is 5.56 Å². The zero-order valence-electron chi connectivity index (χ0n) is 18.2. The summed E-state index contributed by atoms with van der Waals surface area (Å²) in [5.74, 6) is 0.871. The minimum Gasteiger partial charge on any atom is -0.298 e. The second-order valence-electron chi connectivity index (χ2n) is 8.58. The van der Waals surface area contributed by atoms with Crippen molar-refractivity contribution >= 4 is 27.9 Å². The molecule has 0 aromatic heterocycles. The molecule has 0 spiro atoms. The quantitative estimate of drug-likeness (QED) is 0.406. The Morgan fingerprint density at radius 3 is 1.86 bits per heavy atom. The molecule has 0 aliphatic rings. The highest BCUT2D eigenvalue weighted by atomic mass is 32.2. The van der Waals surface area contributed by atoms with Crippen LogP contribution in [0, 0.1) is 0 Å². The van der Waals surface area contributed by atoms with E-state index in [1.807, 2.05) is 30.3 Å². The van der Waals surface area contributed by atoms with Gasteiger partial charge < -0.3 is 0 Å². The van der Waals surface area contributed by atoms with Gasteiger partial charge in [-0.25, -0.2) is 4.21 Å². The summed E-state index contributed by atoms with van der Waals surface area (Å²) in [5, 5.41) is 1.88. The molecule has 0 fully saturated rings. The van der Waals surface area contributed by atoms with Crippen molar-refractivity contribution in [2.45, 2.75) is 69.1 Å². The molecule has 3 rings (SSSR count). The van der Waals surface area contributed by atoms with Crippen LogP contribution in [0.3, 0.4) is 0 Å². The first-order valence-corrected chi connectivity index (χ1v) is 11.5. The molecule has 0 aliphatic carbocycles. The molecule has 3 aromatic rings. The molecule has 3 heteroatoms. The first-order valence-electron chi connectivity index (χ1n) is 10.3. The first-order chi connectivity index (χ1) is 13.8. The lowest BCUT2D eigenvalue weighted by Crippen LogP contribution is -2.10. The fourth-order valence-corrected chi connectivity index (χ4v) is 5.70. The summed E-state index contributed by atoms with van der Waals surface area (Å²) in [6.45, 7) is 13.0. The van der Waals surface area contributed by atoms with Gasteiger partial charge in [-0.15, -0.1) is 0 Å². The Kier molecular flexibility index (Phi) is 6.38. The third-order valence-corrected chi connectivity index (χ3v) is 7.16. The van der Waals surface area contributed by atoms with Crippen LogP contribution in [-0.4, -0.2) is 10.5 Å². The Morgan fingerprint density at radius 1 is 0.759 bits per heavy atom. The van der Waals surface area contributed by atoms with Crippen LogP contribution in [0.1, 0.15) is 86.3 Å². The third-order valence-electron chi connectivity index (χ3n) is 5.49. The van der Waals surface area contributed by atoms with Gasteiger partial charge >= 0.3 is 0 Å². The summed E-state index contributed by atoms with van der Waals surface area (Å²) >= 11 is 0. The van der Waals surface area contributed by atoms with E-state index in [1.165, 1.54) is 5.56 Å². The molecule has 0 N–H and O–H groups in total. The van der Waals surface area contributed by atoms with Gasteiger partial charge in [0.1, 0.15) is 0 Å². The minimum absolute atomic E-state index is 0.236. The van der Waals surface area contributed by atoms with Crippen molar-refractivity contribution in [1.29, 1.82) is 0 Å². The summed E-state index contributed by atoms with van der Waals surface area (Å²) < 4.78 is 14.1. The largest absolute Gasteiger partial charge is 0.298 e. The van der Waals surface area contributed by atoms with Crippen LogP contribution in [0.5, 0.6) is 0 Å². The minimum atomic E-state index is -1.45. The Hall–Kier alpha value is -2.26. The van der Waals surface area contributed by atoms with Crippen molar-refractivity contribution in [2.24, 2.45) is 0 Å². The van der Waals surface area contributed by atoms with Gasteiger partial charge in [0.25, 0.3) is 0 Å². The second kappa shape index (κ2) is 8.62. The van der Waals surface area contributed by atoms with Gasteiger partial charge in [0.05, 0.1) is 20.6 Å². The van der Waals surface area contributed by atoms with Gasteiger partial charge in [-0.3, -0.25) is 4.79 Å². The molecule has 29 heavy (non-hydrogen) atoms. The van der Waals surface area contributed by atoms with Crippen molar-refractivity contribution < 1.29 is 9.00 Å². The van der Waals surface area contributed by atoms with Gasteiger partial charge in [0.2, 0.25) is 0 Å². The summed E-state index contributed by atoms with van der Waals surface area (Å²) in [5.41, 5.74) is 4.00. The zero-order valence-corrected chi connectivity index (χ0v) is 19.0. The van der Waals surface area contributed by atoms with E-state index in [0.29, 0.717) is 16.4 Å². The van der Waals surface area contributed by atoms with Crippen LogP contribution in [0.15, 0.2) is 58.3 Å². The van der Waals surface area contributed by atoms with Gasteiger partial charge in [-0.05, 0) is 51.3 Å². The average molecular weight is 407 g/mol. The molecule has 0 amide bonds. The SMILES string of the molecule is CC(C)c1cc(C(C)C)c(S(=O)c2c(C=O)ccc3ccccc23)c(C(C)C)c1. The highest BCUT2D eigenvalue weighted by Crippen LogP contribution is 2.38. The van der Waals surface area contributed by atoms with Crippen molar-refractivity contribution in [3.63, 3.8) is 0 Å². The molecule has 1 unspecified atom stereocenters. The molecule has 0 radical (unpaired) electrons. The molecule has 2 nitrogen and oxygen atoms in total.